The maximum Gasteiger partial charge on any atom is 0.306 e. The van der Waals surface area contributed by atoms with Crippen LogP contribution in [-0.4, -0.2) is 25.1 Å². The van der Waals surface area contributed by atoms with E-state index in [0.717, 1.165) is 16.9 Å². The molecule has 0 aliphatic rings. The Labute approximate surface area is 164 Å². The predicted molar refractivity (Wildman–Crippen MR) is 105 cm³/mol. The molecule has 0 unspecified atom stereocenters. The predicted octanol–water partition coefficient (Wildman–Crippen LogP) is 4.23. The van der Waals surface area contributed by atoms with E-state index in [0.29, 0.717) is 18.1 Å². The summed E-state index contributed by atoms with van der Waals surface area (Å²) in [6.07, 6.45) is 0.719. The summed E-state index contributed by atoms with van der Waals surface area (Å²) in [5, 5.41) is 3.38. The smallest absolute Gasteiger partial charge is 0.306 e. The summed E-state index contributed by atoms with van der Waals surface area (Å²) in [5.74, 6) is -0.00187. The molecule has 2 rings (SSSR count). The van der Waals surface area contributed by atoms with E-state index in [1.165, 1.54) is 0 Å². The van der Waals surface area contributed by atoms with Gasteiger partial charge in [0, 0.05) is 11.4 Å². The molecule has 0 heterocycles. The number of hydrogen-bond acceptors (Lipinski definition) is 4. The van der Waals surface area contributed by atoms with Crippen molar-refractivity contribution in [3.63, 3.8) is 0 Å². The minimum Gasteiger partial charge on any atom is -0.494 e. The Kier molecular flexibility index (Phi) is 8.14. The van der Waals surface area contributed by atoms with Gasteiger partial charge < -0.3 is 14.8 Å². The number of rotatable bonds is 9. The number of esters is 1. The topological polar surface area (TPSA) is 64.6 Å². The van der Waals surface area contributed by atoms with Crippen molar-refractivity contribution in [3.8, 4) is 5.75 Å². The Morgan fingerprint density at radius 1 is 1.15 bits per heavy atom. The highest BCUT2D eigenvalue weighted by Gasteiger charge is 2.12. The maximum absolute atomic E-state index is 11.9. The Hall–Kier alpha value is -2.53. The summed E-state index contributed by atoms with van der Waals surface area (Å²) in [6, 6.07) is 14.7. The second-order valence-corrected chi connectivity index (χ2v) is 6.71. The van der Waals surface area contributed by atoms with Gasteiger partial charge in [-0.05, 0) is 55.7 Å². The first kappa shape index (κ1) is 20.8. The third-order valence-corrected chi connectivity index (χ3v) is 4.11. The lowest BCUT2D eigenvalue weighted by Crippen LogP contribution is -2.31. The third kappa shape index (κ3) is 7.71. The van der Waals surface area contributed by atoms with Crippen LogP contribution in [-0.2, 0) is 14.3 Å². The number of aryl methyl sites for hydroxylation is 1. The summed E-state index contributed by atoms with van der Waals surface area (Å²) in [7, 11) is 0. The van der Waals surface area contributed by atoms with E-state index in [-0.39, 0.29) is 25.0 Å². The molecule has 5 nitrogen and oxygen atoms in total. The van der Waals surface area contributed by atoms with Crippen LogP contribution in [0.1, 0.15) is 36.9 Å². The van der Waals surface area contributed by atoms with Crippen molar-refractivity contribution in [2.45, 2.75) is 32.7 Å². The third-order valence-electron chi connectivity index (χ3n) is 3.87. The van der Waals surface area contributed by atoms with Gasteiger partial charge in [-0.25, -0.2) is 0 Å². The van der Waals surface area contributed by atoms with Crippen molar-refractivity contribution in [1.82, 2.24) is 5.32 Å². The molecular weight excluding hydrogens is 366 g/mol. The van der Waals surface area contributed by atoms with Crippen molar-refractivity contribution >= 4 is 23.5 Å². The van der Waals surface area contributed by atoms with E-state index in [1.54, 1.807) is 12.1 Å². The summed E-state index contributed by atoms with van der Waals surface area (Å²) in [6.45, 7) is 3.94. The Morgan fingerprint density at radius 3 is 2.67 bits per heavy atom. The molecule has 1 N–H and O–H groups in total. The number of amides is 1. The van der Waals surface area contributed by atoms with Gasteiger partial charge in [-0.1, -0.05) is 35.9 Å². The van der Waals surface area contributed by atoms with Gasteiger partial charge in [0.05, 0.1) is 12.6 Å². The van der Waals surface area contributed by atoms with E-state index >= 15 is 0 Å². The Morgan fingerprint density at radius 2 is 1.93 bits per heavy atom. The van der Waals surface area contributed by atoms with Crippen LogP contribution < -0.4 is 10.1 Å². The average molecular weight is 390 g/mol. The van der Waals surface area contributed by atoms with Gasteiger partial charge in [-0.2, -0.15) is 0 Å². The molecule has 1 atom stereocenters. The highest BCUT2D eigenvalue weighted by atomic mass is 35.5. The first-order valence-corrected chi connectivity index (χ1v) is 9.22. The molecule has 0 saturated heterocycles. The lowest BCUT2D eigenvalue weighted by molar-refractivity contribution is -0.148. The van der Waals surface area contributed by atoms with Gasteiger partial charge in [-0.15, -0.1) is 0 Å². The van der Waals surface area contributed by atoms with Crippen molar-refractivity contribution in [3.05, 3.63) is 64.7 Å². The zero-order valence-electron chi connectivity index (χ0n) is 15.5. The zero-order chi connectivity index (χ0) is 19.6. The molecule has 144 valence electrons. The molecule has 0 saturated carbocycles. The van der Waals surface area contributed by atoms with E-state index in [4.69, 9.17) is 21.1 Å². The number of benzene rings is 2. The molecule has 0 aliphatic carbocycles. The summed E-state index contributed by atoms with van der Waals surface area (Å²) in [5.41, 5.74) is 2.00. The molecule has 0 fully saturated rings. The number of ether oxygens (including phenoxy) is 2. The van der Waals surface area contributed by atoms with E-state index in [9.17, 15) is 9.59 Å². The summed E-state index contributed by atoms with van der Waals surface area (Å²) < 4.78 is 10.6. The lowest BCUT2D eigenvalue weighted by atomic mass is 10.1. The molecular formula is C21H24ClNO4. The highest BCUT2D eigenvalue weighted by molar-refractivity contribution is 6.30. The van der Waals surface area contributed by atoms with Crippen LogP contribution >= 0.6 is 11.6 Å². The number of halogens is 1. The van der Waals surface area contributed by atoms with Crippen LogP contribution in [0.25, 0.3) is 0 Å². The van der Waals surface area contributed by atoms with Gasteiger partial charge in [0.25, 0.3) is 5.91 Å². The van der Waals surface area contributed by atoms with Crippen LogP contribution in [0.15, 0.2) is 48.5 Å². The molecule has 2 aromatic carbocycles. The minimum absolute atomic E-state index is 0.197. The minimum atomic E-state index is -0.423. The molecule has 27 heavy (non-hydrogen) atoms. The second-order valence-electron chi connectivity index (χ2n) is 6.27. The first-order valence-electron chi connectivity index (χ1n) is 8.84. The van der Waals surface area contributed by atoms with Gasteiger partial charge in [-0.3, -0.25) is 9.59 Å². The molecule has 0 bridgehead atoms. The quantitative estimate of drug-likeness (QED) is 0.515. The lowest BCUT2D eigenvalue weighted by Gasteiger charge is -2.14. The van der Waals surface area contributed by atoms with E-state index < -0.39 is 5.97 Å². The summed E-state index contributed by atoms with van der Waals surface area (Å²) >= 11 is 5.94. The molecule has 0 aromatic heterocycles. The van der Waals surface area contributed by atoms with Crippen molar-refractivity contribution < 1.29 is 19.1 Å². The number of carbonyl (C=O) groups is 2. The molecule has 2 aromatic rings. The zero-order valence-corrected chi connectivity index (χ0v) is 16.3. The molecule has 1 amide bonds. The van der Waals surface area contributed by atoms with Crippen molar-refractivity contribution in [2.75, 3.05) is 13.2 Å². The van der Waals surface area contributed by atoms with Gasteiger partial charge in [0.15, 0.2) is 6.61 Å². The SMILES string of the molecule is Cc1cccc(OCCCC(=O)OCC(=O)N[C@@H](C)c2cccc(Cl)c2)c1. The van der Waals surface area contributed by atoms with Crippen LogP contribution in [0.3, 0.4) is 0 Å². The van der Waals surface area contributed by atoms with Crippen LogP contribution in [0.4, 0.5) is 0 Å². The maximum atomic E-state index is 11.9. The van der Waals surface area contributed by atoms with Gasteiger partial charge in [0.1, 0.15) is 5.75 Å². The fraction of sp³-hybridized carbons (Fsp3) is 0.333. The standard InChI is InChI=1S/C21H24ClNO4/c1-15-6-3-9-19(12-15)26-11-5-10-21(25)27-14-20(24)23-16(2)17-7-4-8-18(22)13-17/h3-4,6-9,12-13,16H,5,10-11,14H2,1-2H3,(H,23,24)/t16-/m0/s1. The largest absolute Gasteiger partial charge is 0.494 e. The molecule has 0 aliphatic heterocycles. The highest BCUT2D eigenvalue weighted by Crippen LogP contribution is 2.17. The van der Waals surface area contributed by atoms with Crippen LogP contribution in [0.5, 0.6) is 5.75 Å². The fourth-order valence-corrected chi connectivity index (χ4v) is 2.67. The summed E-state index contributed by atoms with van der Waals surface area (Å²) in [4.78, 5) is 23.7. The van der Waals surface area contributed by atoms with Crippen LogP contribution in [0, 0.1) is 6.92 Å². The van der Waals surface area contributed by atoms with Crippen molar-refractivity contribution in [1.29, 1.82) is 0 Å². The van der Waals surface area contributed by atoms with E-state index in [1.807, 2.05) is 50.2 Å². The average Bonchev–Trinajstić information content (AvgIpc) is 2.63. The molecule has 6 heteroatoms. The number of hydrogen-bond donors (Lipinski definition) is 1. The molecule has 0 spiro atoms. The number of nitrogens with one attached hydrogen (secondary N) is 1. The first-order chi connectivity index (χ1) is 12.9. The Balaban J connectivity index is 1.62. The normalized spacial score (nSPS) is 11.5. The van der Waals surface area contributed by atoms with E-state index in [2.05, 4.69) is 5.32 Å². The number of carbonyl (C=O) groups excluding carboxylic acids is 2. The van der Waals surface area contributed by atoms with Crippen LogP contribution in [0.2, 0.25) is 5.02 Å². The van der Waals surface area contributed by atoms with Crippen molar-refractivity contribution in [2.24, 2.45) is 0 Å². The molecule has 0 radical (unpaired) electrons. The Bertz CT molecular complexity index is 778. The fourth-order valence-electron chi connectivity index (χ4n) is 2.47. The van der Waals surface area contributed by atoms with Gasteiger partial charge >= 0.3 is 5.97 Å². The second kappa shape index (κ2) is 10.6. The monoisotopic (exact) mass is 389 g/mol. The van der Waals surface area contributed by atoms with Gasteiger partial charge in [0.2, 0.25) is 0 Å².